The molecule has 0 fully saturated rings. The first-order valence-corrected chi connectivity index (χ1v) is 10.6. The summed E-state index contributed by atoms with van der Waals surface area (Å²) in [5.74, 6) is -0.869. The smallest absolute Gasteiger partial charge is 0.332 e. The maximum Gasteiger partial charge on any atom is 0.332 e. The van der Waals surface area contributed by atoms with Crippen molar-refractivity contribution in [2.45, 2.75) is 6.54 Å². The highest BCUT2D eigenvalue weighted by atomic mass is 16.7. The molecule has 2 heterocycles. The van der Waals surface area contributed by atoms with Gasteiger partial charge in [-0.25, -0.2) is 14.8 Å². The molecule has 0 saturated heterocycles. The topological polar surface area (TPSA) is 159 Å². The summed E-state index contributed by atoms with van der Waals surface area (Å²) in [5, 5.41) is 20.6. The molecule has 11 heteroatoms. The highest BCUT2D eigenvalue weighted by Crippen LogP contribution is 2.21. The molecule has 4 rings (SSSR count). The van der Waals surface area contributed by atoms with Crippen LogP contribution in [0.4, 0.5) is 11.5 Å². The third-order valence-corrected chi connectivity index (χ3v) is 5.23. The van der Waals surface area contributed by atoms with Crippen LogP contribution in [0.2, 0.25) is 0 Å². The zero-order valence-electron chi connectivity index (χ0n) is 18.8. The minimum atomic E-state index is -1.22. The number of nitrogens with one attached hydrogen (secondary N) is 2. The molecule has 2 aromatic carbocycles. The molecule has 0 atom stereocenters. The van der Waals surface area contributed by atoms with Crippen LogP contribution in [0.25, 0.3) is 11.0 Å². The Morgan fingerprint density at radius 3 is 2.54 bits per heavy atom. The number of pyridine rings is 1. The van der Waals surface area contributed by atoms with Crippen LogP contribution in [-0.2, 0) is 23.2 Å². The minimum absolute atomic E-state index is 0.00669. The lowest BCUT2D eigenvalue weighted by Gasteiger charge is -2.19. The standard InChI is InChI=1S/C24H23N7O4/c1-30-19-10-7-16(24(34)31(35-14-22(32)33)20-4-2-3-11-27-20)12-18(19)29-21(30)13-28-17-8-5-15(6-9-17)23(25)26/h2-12,28H,13-14H2,1H3,(H3,25,26)(H,32,33). The van der Waals surface area contributed by atoms with E-state index in [0.29, 0.717) is 17.6 Å². The SMILES string of the molecule is Cn1c(CNc2ccc(C(=N)N)cc2)nc2cc(C(=O)N(OCC(=O)O)c3ccccn3)ccc21. The number of nitrogens with two attached hydrogens (primary N) is 1. The first-order chi connectivity index (χ1) is 16.8. The number of benzene rings is 2. The van der Waals surface area contributed by atoms with Crippen molar-refractivity contribution in [2.75, 3.05) is 17.0 Å². The van der Waals surface area contributed by atoms with Crippen molar-refractivity contribution in [1.82, 2.24) is 14.5 Å². The van der Waals surface area contributed by atoms with Crippen LogP contribution in [0, 0.1) is 5.41 Å². The van der Waals surface area contributed by atoms with E-state index < -0.39 is 18.5 Å². The molecule has 0 aliphatic rings. The Labute approximate surface area is 200 Å². The average molecular weight is 473 g/mol. The monoisotopic (exact) mass is 473 g/mol. The molecule has 0 aliphatic heterocycles. The molecule has 2 aromatic heterocycles. The summed E-state index contributed by atoms with van der Waals surface area (Å²) < 4.78 is 1.91. The van der Waals surface area contributed by atoms with Gasteiger partial charge in [0.2, 0.25) is 0 Å². The summed E-state index contributed by atoms with van der Waals surface area (Å²) >= 11 is 0. The van der Waals surface area contributed by atoms with Crippen molar-refractivity contribution in [2.24, 2.45) is 12.8 Å². The van der Waals surface area contributed by atoms with Crippen LogP contribution in [0.5, 0.6) is 0 Å². The molecular weight excluding hydrogens is 450 g/mol. The Morgan fingerprint density at radius 2 is 1.89 bits per heavy atom. The third-order valence-electron chi connectivity index (χ3n) is 5.23. The van der Waals surface area contributed by atoms with E-state index in [-0.39, 0.29) is 17.2 Å². The van der Waals surface area contributed by atoms with E-state index in [1.54, 1.807) is 48.5 Å². The van der Waals surface area contributed by atoms with Gasteiger partial charge in [-0.05, 0) is 54.6 Å². The molecule has 0 spiro atoms. The molecule has 0 radical (unpaired) electrons. The maximum atomic E-state index is 13.2. The van der Waals surface area contributed by atoms with Crippen LogP contribution in [0.15, 0.2) is 66.9 Å². The molecule has 0 bridgehead atoms. The number of carboxylic acid groups (broad SMARTS) is 1. The number of nitrogen functional groups attached to an aromatic ring is 1. The maximum absolute atomic E-state index is 13.2. The number of anilines is 2. The van der Waals surface area contributed by atoms with E-state index in [2.05, 4.69) is 15.3 Å². The molecule has 0 unspecified atom stereocenters. The summed E-state index contributed by atoms with van der Waals surface area (Å²) in [5.41, 5.74) is 8.67. The van der Waals surface area contributed by atoms with E-state index in [4.69, 9.17) is 21.1 Å². The van der Waals surface area contributed by atoms with Crippen LogP contribution >= 0.6 is 0 Å². The van der Waals surface area contributed by atoms with E-state index in [1.165, 1.54) is 6.20 Å². The number of rotatable bonds is 9. The van der Waals surface area contributed by atoms with Gasteiger partial charge in [-0.2, -0.15) is 5.06 Å². The molecular formula is C24H23N7O4. The Kier molecular flexibility index (Phi) is 6.69. The van der Waals surface area contributed by atoms with Gasteiger partial charge in [-0.1, -0.05) is 6.07 Å². The second-order valence-corrected chi connectivity index (χ2v) is 7.59. The first-order valence-electron chi connectivity index (χ1n) is 10.6. The van der Waals surface area contributed by atoms with Gasteiger partial charge in [0.05, 0.1) is 17.6 Å². The van der Waals surface area contributed by atoms with Crippen molar-refractivity contribution in [3.05, 3.63) is 83.8 Å². The number of carboxylic acids is 1. The number of hydrogen-bond acceptors (Lipinski definition) is 7. The van der Waals surface area contributed by atoms with Crippen molar-refractivity contribution in [3.8, 4) is 0 Å². The number of amidine groups is 1. The second-order valence-electron chi connectivity index (χ2n) is 7.59. The van der Waals surface area contributed by atoms with Gasteiger partial charge in [0, 0.05) is 30.1 Å². The quantitative estimate of drug-likeness (QED) is 0.164. The van der Waals surface area contributed by atoms with Crippen LogP contribution in [0.3, 0.4) is 0 Å². The molecule has 35 heavy (non-hydrogen) atoms. The summed E-state index contributed by atoms with van der Waals surface area (Å²) in [6, 6.07) is 17.1. The average Bonchev–Trinajstić information content (AvgIpc) is 3.18. The van der Waals surface area contributed by atoms with E-state index in [9.17, 15) is 9.59 Å². The number of nitrogens with zero attached hydrogens (tertiary/aromatic N) is 4. The van der Waals surface area contributed by atoms with Gasteiger partial charge in [-0.15, -0.1) is 0 Å². The van der Waals surface area contributed by atoms with Crippen LogP contribution < -0.4 is 16.1 Å². The fraction of sp³-hybridized carbons (Fsp3) is 0.125. The highest BCUT2D eigenvalue weighted by molar-refractivity contribution is 6.06. The largest absolute Gasteiger partial charge is 0.479 e. The lowest BCUT2D eigenvalue weighted by atomic mass is 10.2. The zero-order chi connectivity index (χ0) is 24.9. The summed E-state index contributed by atoms with van der Waals surface area (Å²) in [6.07, 6.45) is 1.48. The fourth-order valence-electron chi connectivity index (χ4n) is 3.43. The second kappa shape index (κ2) is 10.0. The molecule has 0 saturated carbocycles. The molecule has 178 valence electrons. The van der Waals surface area contributed by atoms with Crippen molar-refractivity contribution < 1.29 is 19.5 Å². The number of aliphatic carboxylic acids is 1. The number of carbonyl (C=O) groups excluding carboxylic acids is 1. The lowest BCUT2D eigenvalue weighted by Crippen LogP contribution is -2.33. The Bertz CT molecular complexity index is 1380. The summed E-state index contributed by atoms with van der Waals surface area (Å²) in [4.78, 5) is 38.1. The molecule has 1 amide bonds. The predicted octanol–water partition coefficient (Wildman–Crippen LogP) is 2.53. The number of imidazole rings is 1. The Hall–Kier alpha value is -4.77. The number of aryl methyl sites for hydroxylation is 1. The van der Waals surface area contributed by atoms with Crippen molar-refractivity contribution in [1.29, 1.82) is 5.41 Å². The Balaban J connectivity index is 1.56. The van der Waals surface area contributed by atoms with Gasteiger partial charge in [0.15, 0.2) is 12.4 Å². The van der Waals surface area contributed by atoms with E-state index in [1.807, 2.05) is 23.7 Å². The van der Waals surface area contributed by atoms with Gasteiger partial charge in [-0.3, -0.25) is 15.0 Å². The summed E-state index contributed by atoms with van der Waals surface area (Å²) in [7, 11) is 1.88. The summed E-state index contributed by atoms with van der Waals surface area (Å²) in [6.45, 7) is -0.271. The molecule has 5 N–H and O–H groups in total. The zero-order valence-corrected chi connectivity index (χ0v) is 18.8. The predicted molar refractivity (Wildman–Crippen MR) is 130 cm³/mol. The molecule has 0 aliphatic carbocycles. The highest BCUT2D eigenvalue weighted by Gasteiger charge is 2.22. The molecule has 4 aromatic rings. The fourth-order valence-corrected chi connectivity index (χ4v) is 3.43. The van der Waals surface area contributed by atoms with Crippen LogP contribution in [0.1, 0.15) is 21.7 Å². The van der Waals surface area contributed by atoms with Gasteiger partial charge >= 0.3 is 5.97 Å². The minimum Gasteiger partial charge on any atom is -0.479 e. The van der Waals surface area contributed by atoms with Crippen molar-refractivity contribution in [3.63, 3.8) is 0 Å². The van der Waals surface area contributed by atoms with E-state index >= 15 is 0 Å². The van der Waals surface area contributed by atoms with Crippen molar-refractivity contribution >= 4 is 40.3 Å². The molecule has 11 nitrogen and oxygen atoms in total. The normalized spacial score (nSPS) is 10.8. The Morgan fingerprint density at radius 1 is 1.14 bits per heavy atom. The number of amides is 1. The number of carbonyl (C=O) groups is 2. The number of fused-ring (bicyclic) bond motifs is 1. The first kappa shape index (κ1) is 23.4. The number of hydrogen-bond donors (Lipinski definition) is 4. The number of aromatic nitrogens is 3. The van der Waals surface area contributed by atoms with Gasteiger partial charge in [0.1, 0.15) is 11.7 Å². The lowest BCUT2D eigenvalue weighted by molar-refractivity contribution is -0.142. The van der Waals surface area contributed by atoms with Crippen LogP contribution in [-0.4, -0.2) is 44.0 Å². The van der Waals surface area contributed by atoms with E-state index in [0.717, 1.165) is 22.1 Å². The van der Waals surface area contributed by atoms with Gasteiger partial charge < -0.3 is 20.7 Å². The number of hydroxylamine groups is 1. The third kappa shape index (κ3) is 5.25. The van der Waals surface area contributed by atoms with Gasteiger partial charge in [0.25, 0.3) is 5.91 Å².